The molecule has 1 saturated heterocycles. The summed E-state index contributed by atoms with van der Waals surface area (Å²) in [6.45, 7) is 2.02. The number of carbonyl (C=O) groups excluding carboxylic acids is 1. The van der Waals surface area contributed by atoms with Crippen LogP contribution in [0.4, 0.5) is 0 Å². The zero-order valence-corrected chi connectivity index (χ0v) is 12.3. The van der Waals surface area contributed by atoms with Crippen LogP contribution in [0.1, 0.15) is 11.7 Å². The minimum absolute atomic E-state index is 0. The number of amides is 1. The zero-order chi connectivity index (χ0) is 13.0. The molecular weight excluding hydrogens is 287 g/mol. The summed E-state index contributed by atoms with van der Waals surface area (Å²) in [6, 6.07) is 7.46. The normalized spacial score (nSPS) is 16.1. The van der Waals surface area contributed by atoms with Crippen molar-refractivity contribution in [3.05, 3.63) is 34.9 Å². The van der Waals surface area contributed by atoms with Crippen molar-refractivity contribution in [1.82, 2.24) is 10.6 Å². The van der Waals surface area contributed by atoms with Crippen molar-refractivity contribution in [1.29, 1.82) is 0 Å². The van der Waals surface area contributed by atoms with Gasteiger partial charge in [0.05, 0.1) is 12.0 Å². The van der Waals surface area contributed by atoms with E-state index >= 15 is 0 Å². The highest BCUT2D eigenvalue weighted by molar-refractivity contribution is 6.30. The molecule has 1 aliphatic heterocycles. The van der Waals surface area contributed by atoms with E-state index in [1.807, 2.05) is 24.3 Å². The van der Waals surface area contributed by atoms with E-state index in [-0.39, 0.29) is 30.3 Å². The van der Waals surface area contributed by atoms with Gasteiger partial charge in [-0.25, -0.2) is 0 Å². The third kappa shape index (κ3) is 4.35. The standard InChI is InChI=1S/C13H17ClN2O2.ClH/c1-18-12(9-2-4-11(14)5-3-9)8-16-13(17)10-6-15-7-10;/h2-5,10,12,15H,6-8H2,1H3,(H,16,17);1H. The van der Waals surface area contributed by atoms with Gasteiger partial charge < -0.3 is 15.4 Å². The van der Waals surface area contributed by atoms with Gasteiger partial charge >= 0.3 is 0 Å². The van der Waals surface area contributed by atoms with Crippen LogP contribution in [-0.4, -0.2) is 32.7 Å². The first-order valence-corrected chi connectivity index (χ1v) is 6.35. The average molecular weight is 305 g/mol. The maximum Gasteiger partial charge on any atom is 0.225 e. The van der Waals surface area contributed by atoms with Gasteiger partial charge in [-0.1, -0.05) is 23.7 Å². The zero-order valence-electron chi connectivity index (χ0n) is 10.7. The molecule has 19 heavy (non-hydrogen) atoms. The fraction of sp³-hybridized carbons (Fsp3) is 0.462. The van der Waals surface area contributed by atoms with Gasteiger partial charge in [0.2, 0.25) is 5.91 Å². The van der Waals surface area contributed by atoms with Gasteiger partial charge in [-0.3, -0.25) is 4.79 Å². The molecule has 1 aromatic carbocycles. The third-order valence-corrected chi connectivity index (χ3v) is 3.39. The monoisotopic (exact) mass is 304 g/mol. The molecule has 1 aliphatic rings. The summed E-state index contributed by atoms with van der Waals surface area (Å²) in [5.74, 6) is 0.192. The Morgan fingerprint density at radius 1 is 1.47 bits per heavy atom. The smallest absolute Gasteiger partial charge is 0.225 e. The number of hydrogen-bond donors (Lipinski definition) is 2. The Hall–Kier alpha value is -0.810. The van der Waals surface area contributed by atoms with E-state index in [0.717, 1.165) is 18.7 Å². The minimum atomic E-state index is -0.140. The van der Waals surface area contributed by atoms with Crippen LogP contribution in [0.25, 0.3) is 0 Å². The highest BCUT2D eigenvalue weighted by Gasteiger charge is 2.25. The number of carbonyl (C=O) groups is 1. The summed E-state index contributed by atoms with van der Waals surface area (Å²) < 4.78 is 5.38. The molecule has 0 aromatic heterocycles. The molecule has 1 atom stereocenters. The highest BCUT2D eigenvalue weighted by atomic mass is 35.5. The number of nitrogens with one attached hydrogen (secondary N) is 2. The SMILES string of the molecule is COC(CNC(=O)C1CNC1)c1ccc(Cl)cc1.Cl. The topological polar surface area (TPSA) is 50.4 Å². The van der Waals surface area contributed by atoms with Gasteiger partial charge in [0.25, 0.3) is 0 Å². The van der Waals surface area contributed by atoms with Crippen LogP contribution in [0.15, 0.2) is 24.3 Å². The lowest BCUT2D eigenvalue weighted by atomic mass is 10.0. The molecule has 2 rings (SSSR count). The van der Waals surface area contributed by atoms with Crippen molar-refractivity contribution in [2.24, 2.45) is 5.92 Å². The number of benzene rings is 1. The van der Waals surface area contributed by atoms with Crippen LogP contribution >= 0.6 is 24.0 Å². The van der Waals surface area contributed by atoms with Crippen LogP contribution in [0.5, 0.6) is 0 Å². The molecule has 6 heteroatoms. The Labute approximate surface area is 124 Å². The largest absolute Gasteiger partial charge is 0.375 e. The van der Waals surface area contributed by atoms with E-state index in [2.05, 4.69) is 10.6 Å². The quantitative estimate of drug-likeness (QED) is 0.872. The predicted octanol–water partition coefficient (Wildman–Crippen LogP) is 1.78. The summed E-state index contributed by atoms with van der Waals surface area (Å²) in [4.78, 5) is 11.7. The molecule has 1 fully saturated rings. The second-order valence-electron chi connectivity index (χ2n) is 4.38. The van der Waals surface area contributed by atoms with E-state index in [0.29, 0.717) is 11.6 Å². The summed E-state index contributed by atoms with van der Waals surface area (Å²) in [5, 5.41) is 6.68. The van der Waals surface area contributed by atoms with Gasteiger partial charge in [-0.2, -0.15) is 0 Å². The Bertz CT molecular complexity index is 408. The molecular formula is C13H18Cl2N2O2. The van der Waals surface area contributed by atoms with Crippen molar-refractivity contribution in [3.63, 3.8) is 0 Å². The van der Waals surface area contributed by atoms with Crippen LogP contribution in [-0.2, 0) is 9.53 Å². The Morgan fingerprint density at radius 3 is 2.58 bits per heavy atom. The maximum absolute atomic E-state index is 11.7. The van der Waals surface area contributed by atoms with Gasteiger partial charge in [-0.05, 0) is 17.7 Å². The molecule has 1 heterocycles. The van der Waals surface area contributed by atoms with Gasteiger partial charge in [0.15, 0.2) is 0 Å². The molecule has 0 radical (unpaired) electrons. The van der Waals surface area contributed by atoms with Crippen molar-refractivity contribution < 1.29 is 9.53 Å². The third-order valence-electron chi connectivity index (χ3n) is 3.14. The van der Waals surface area contributed by atoms with E-state index in [1.165, 1.54) is 0 Å². The van der Waals surface area contributed by atoms with Crippen molar-refractivity contribution in [2.45, 2.75) is 6.10 Å². The van der Waals surface area contributed by atoms with E-state index in [4.69, 9.17) is 16.3 Å². The summed E-state index contributed by atoms with van der Waals surface area (Å²) in [5.41, 5.74) is 1.01. The van der Waals surface area contributed by atoms with Crippen LogP contribution < -0.4 is 10.6 Å². The second-order valence-corrected chi connectivity index (χ2v) is 4.81. The molecule has 1 unspecified atom stereocenters. The fourth-order valence-electron chi connectivity index (χ4n) is 1.83. The Balaban J connectivity index is 0.00000180. The first-order valence-electron chi connectivity index (χ1n) is 5.97. The molecule has 0 saturated carbocycles. The molecule has 1 aromatic rings. The highest BCUT2D eigenvalue weighted by Crippen LogP contribution is 2.18. The fourth-order valence-corrected chi connectivity index (χ4v) is 1.95. The Kier molecular flexibility index (Phi) is 6.58. The average Bonchev–Trinajstić information content (AvgIpc) is 2.30. The van der Waals surface area contributed by atoms with Crippen LogP contribution in [0.2, 0.25) is 5.02 Å². The van der Waals surface area contributed by atoms with Crippen LogP contribution in [0, 0.1) is 5.92 Å². The maximum atomic E-state index is 11.7. The van der Waals surface area contributed by atoms with Crippen LogP contribution in [0.3, 0.4) is 0 Å². The molecule has 1 amide bonds. The van der Waals surface area contributed by atoms with Gasteiger partial charge in [-0.15, -0.1) is 12.4 Å². The number of methoxy groups -OCH3 is 1. The van der Waals surface area contributed by atoms with E-state index in [9.17, 15) is 4.79 Å². The lowest BCUT2D eigenvalue weighted by Gasteiger charge is -2.26. The summed E-state index contributed by atoms with van der Waals surface area (Å²) in [6.07, 6.45) is -0.140. The molecule has 0 bridgehead atoms. The number of rotatable bonds is 5. The number of ether oxygens (including phenoxy) is 1. The van der Waals surface area contributed by atoms with E-state index < -0.39 is 0 Å². The van der Waals surface area contributed by atoms with Gasteiger partial charge in [0, 0.05) is 31.8 Å². The first kappa shape index (κ1) is 16.2. The first-order chi connectivity index (χ1) is 8.70. The molecule has 106 valence electrons. The van der Waals surface area contributed by atoms with Crippen molar-refractivity contribution in [3.8, 4) is 0 Å². The van der Waals surface area contributed by atoms with E-state index in [1.54, 1.807) is 7.11 Å². The molecule has 4 nitrogen and oxygen atoms in total. The number of halogens is 2. The lowest BCUT2D eigenvalue weighted by molar-refractivity contribution is -0.127. The summed E-state index contributed by atoms with van der Waals surface area (Å²) >= 11 is 5.84. The molecule has 0 aliphatic carbocycles. The second kappa shape index (κ2) is 7.70. The van der Waals surface area contributed by atoms with Crippen molar-refractivity contribution >= 4 is 29.9 Å². The summed E-state index contributed by atoms with van der Waals surface area (Å²) in [7, 11) is 1.64. The Morgan fingerprint density at radius 2 is 2.11 bits per heavy atom. The number of hydrogen-bond acceptors (Lipinski definition) is 3. The minimum Gasteiger partial charge on any atom is -0.375 e. The predicted molar refractivity (Wildman–Crippen MR) is 77.8 cm³/mol. The van der Waals surface area contributed by atoms with Gasteiger partial charge in [0.1, 0.15) is 0 Å². The molecule has 2 N–H and O–H groups in total. The lowest BCUT2D eigenvalue weighted by Crippen LogP contribution is -2.51. The molecule has 0 spiro atoms. The van der Waals surface area contributed by atoms with Crippen molar-refractivity contribution in [2.75, 3.05) is 26.7 Å².